The van der Waals surface area contributed by atoms with E-state index in [2.05, 4.69) is 10.3 Å². The topological polar surface area (TPSA) is 54.9 Å². The van der Waals surface area contributed by atoms with E-state index < -0.39 is 0 Å². The Morgan fingerprint density at radius 1 is 1.04 bits per heavy atom. The van der Waals surface area contributed by atoms with Gasteiger partial charge in [0.25, 0.3) is 5.91 Å². The molecule has 1 N–H and O–H groups in total. The normalized spacial score (nSPS) is 10.8. The maximum absolute atomic E-state index is 13.1. The highest BCUT2D eigenvalue weighted by Gasteiger charge is 2.17. The molecule has 2 aromatic carbocycles. The van der Waals surface area contributed by atoms with E-state index in [1.807, 2.05) is 50.2 Å². The first-order valence-electron chi connectivity index (χ1n) is 8.92. The molecule has 2 aromatic heterocycles. The Balaban J connectivity index is 1.92. The number of pyridine rings is 2. The van der Waals surface area contributed by atoms with Gasteiger partial charge in [-0.2, -0.15) is 0 Å². The zero-order chi connectivity index (χ0) is 19.7. The first-order valence-corrected chi connectivity index (χ1v) is 9.29. The van der Waals surface area contributed by atoms with Crippen molar-refractivity contribution in [1.82, 2.24) is 9.97 Å². The van der Waals surface area contributed by atoms with Crippen molar-refractivity contribution in [2.45, 2.75) is 13.8 Å². The van der Waals surface area contributed by atoms with Crippen LogP contribution in [-0.4, -0.2) is 15.9 Å². The van der Waals surface area contributed by atoms with Crippen molar-refractivity contribution in [3.8, 4) is 11.3 Å². The monoisotopic (exact) mass is 387 g/mol. The number of nitrogens with zero attached hydrogens (tertiary/aromatic N) is 2. The Bertz CT molecular complexity index is 1190. The Hall–Kier alpha value is -3.24. The third kappa shape index (κ3) is 3.35. The lowest BCUT2D eigenvalue weighted by molar-refractivity contribution is 0.102. The van der Waals surface area contributed by atoms with Gasteiger partial charge in [-0.15, -0.1) is 0 Å². The van der Waals surface area contributed by atoms with E-state index in [0.717, 1.165) is 33.3 Å². The molecule has 0 unspecified atom stereocenters. The van der Waals surface area contributed by atoms with Crippen LogP contribution in [0.4, 0.5) is 5.69 Å². The van der Waals surface area contributed by atoms with Gasteiger partial charge in [0, 0.05) is 22.2 Å². The van der Waals surface area contributed by atoms with Crippen LogP contribution in [0, 0.1) is 13.8 Å². The quantitative estimate of drug-likeness (QED) is 0.482. The fourth-order valence-electron chi connectivity index (χ4n) is 3.23. The molecule has 4 nitrogen and oxygen atoms in total. The number of hydrogen-bond donors (Lipinski definition) is 1. The Morgan fingerprint density at radius 3 is 2.61 bits per heavy atom. The second-order valence-electron chi connectivity index (χ2n) is 6.63. The molecule has 0 bridgehead atoms. The molecule has 138 valence electrons. The molecular weight excluding hydrogens is 370 g/mol. The second kappa shape index (κ2) is 7.41. The molecule has 0 aliphatic heterocycles. The summed E-state index contributed by atoms with van der Waals surface area (Å²) in [4.78, 5) is 22.0. The molecule has 0 atom stereocenters. The lowest BCUT2D eigenvalue weighted by Gasteiger charge is -2.13. The van der Waals surface area contributed by atoms with Crippen molar-refractivity contribution < 1.29 is 4.79 Å². The minimum atomic E-state index is -0.211. The van der Waals surface area contributed by atoms with E-state index in [1.54, 1.807) is 30.6 Å². The van der Waals surface area contributed by atoms with E-state index in [9.17, 15) is 4.79 Å². The summed E-state index contributed by atoms with van der Waals surface area (Å²) in [7, 11) is 0. The van der Waals surface area contributed by atoms with Gasteiger partial charge in [-0.05, 0) is 49.2 Å². The first kappa shape index (κ1) is 18.1. The number of carbonyl (C=O) groups excluding carboxylic acids is 1. The lowest BCUT2D eigenvalue weighted by Crippen LogP contribution is -2.13. The van der Waals surface area contributed by atoms with Gasteiger partial charge in [-0.1, -0.05) is 41.9 Å². The molecule has 0 saturated carbocycles. The van der Waals surface area contributed by atoms with Crippen LogP contribution in [0.1, 0.15) is 21.5 Å². The number of aryl methyl sites for hydroxylation is 2. The van der Waals surface area contributed by atoms with Gasteiger partial charge >= 0.3 is 0 Å². The van der Waals surface area contributed by atoms with Gasteiger partial charge in [0.05, 0.1) is 28.7 Å². The molecule has 28 heavy (non-hydrogen) atoms. The van der Waals surface area contributed by atoms with Crippen LogP contribution >= 0.6 is 11.6 Å². The minimum Gasteiger partial charge on any atom is -0.321 e. The summed E-state index contributed by atoms with van der Waals surface area (Å²) in [5.74, 6) is -0.211. The summed E-state index contributed by atoms with van der Waals surface area (Å²) < 4.78 is 0. The highest BCUT2D eigenvalue weighted by Crippen LogP contribution is 2.31. The number of halogens is 1. The number of nitrogens with one attached hydrogen (secondary N) is 1. The molecule has 0 aliphatic rings. The highest BCUT2D eigenvalue weighted by molar-refractivity contribution is 6.32. The van der Waals surface area contributed by atoms with Crippen LogP contribution in [0.25, 0.3) is 22.2 Å². The maximum atomic E-state index is 13.1. The van der Waals surface area contributed by atoms with Crippen LogP contribution in [0.2, 0.25) is 5.02 Å². The fourth-order valence-corrected chi connectivity index (χ4v) is 3.38. The molecular formula is C23H18ClN3O. The van der Waals surface area contributed by atoms with E-state index in [4.69, 9.17) is 16.6 Å². The van der Waals surface area contributed by atoms with Crippen molar-refractivity contribution in [2.75, 3.05) is 5.32 Å². The zero-order valence-corrected chi connectivity index (χ0v) is 16.3. The van der Waals surface area contributed by atoms with Crippen LogP contribution in [0.5, 0.6) is 0 Å². The predicted octanol–water partition coefficient (Wildman–Crippen LogP) is 5.82. The molecule has 0 fully saturated rings. The second-order valence-corrected chi connectivity index (χ2v) is 7.04. The van der Waals surface area contributed by atoms with Crippen LogP contribution in [-0.2, 0) is 0 Å². The molecule has 2 heterocycles. The number of hydrogen-bond acceptors (Lipinski definition) is 3. The van der Waals surface area contributed by atoms with Gasteiger partial charge < -0.3 is 5.32 Å². The third-order valence-electron chi connectivity index (χ3n) is 4.75. The molecule has 4 rings (SSSR count). The summed E-state index contributed by atoms with van der Waals surface area (Å²) in [6.45, 7) is 3.95. The van der Waals surface area contributed by atoms with Crippen molar-refractivity contribution in [1.29, 1.82) is 0 Å². The number of anilines is 1. The number of rotatable bonds is 3. The van der Waals surface area contributed by atoms with Gasteiger partial charge in [-0.25, -0.2) is 4.98 Å². The average molecular weight is 388 g/mol. The van der Waals surface area contributed by atoms with Crippen molar-refractivity contribution >= 4 is 34.1 Å². The Morgan fingerprint density at radius 2 is 1.86 bits per heavy atom. The number of aromatic nitrogens is 2. The van der Waals surface area contributed by atoms with Gasteiger partial charge in [-0.3, -0.25) is 9.78 Å². The summed E-state index contributed by atoms with van der Waals surface area (Å²) in [6.07, 6.45) is 3.28. The molecule has 1 amide bonds. The summed E-state index contributed by atoms with van der Waals surface area (Å²) in [5, 5.41) is 4.31. The predicted molar refractivity (Wildman–Crippen MR) is 114 cm³/mol. The van der Waals surface area contributed by atoms with Crippen LogP contribution in [0.3, 0.4) is 0 Å². The Labute approximate surface area is 168 Å². The molecule has 4 aromatic rings. The first-order chi connectivity index (χ1) is 13.5. The molecule has 0 saturated heterocycles. The fraction of sp³-hybridized carbons (Fsp3) is 0.0870. The van der Waals surface area contributed by atoms with E-state index in [1.165, 1.54) is 0 Å². The van der Waals surface area contributed by atoms with Crippen molar-refractivity contribution in [3.05, 3.63) is 88.7 Å². The molecule has 0 aliphatic carbocycles. The minimum absolute atomic E-state index is 0.211. The third-order valence-corrected chi connectivity index (χ3v) is 5.16. The zero-order valence-electron chi connectivity index (χ0n) is 15.5. The standard InChI is InChI=1S/C23H18ClN3O/c1-14-6-3-4-8-17(14)21-12-19(23(28)26-16-7-5-11-25-13-16)18-9-10-20(24)15(2)22(18)27-21/h3-13H,1-2H3,(H,26,28). The van der Waals surface area contributed by atoms with Gasteiger partial charge in [0.15, 0.2) is 0 Å². The van der Waals surface area contributed by atoms with Crippen LogP contribution in [0.15, 0.2) is 67.0 Å². The van der Waals surface area contributed by atoms with E-state index >= 15 is 0 Å². The lowest BCUT2D eigenvalue weighted by atomic mass is 9.99. The molecule has 0 spiro atoms. The number of fused-ring (bicyclic) bond motifs is 1. The molecule has 5 heteroatoms. The smallest absolute Gasteiger partial charge is 0.256 e. The number of carbonyl (C=O) groups is 1. The average Bonchev–Trinajstić information content (AvgIpc) is 2.71. The number of benzene rings is 2. The van der Waals surface area contributed by atoms with Gasteiger partial charge in [0.2, 0.25) is 0 Å². The highest BCUT2D eigenvalue weighted by atomic mass is 35.5. The van der Waals surface area contributed by atoms with E-state index in [0.29, 0.717) is 16.3 Å². The largest absolute Gasteiger partial charge is 0.321 e. The van der Waals surface area contributed by atoms with Crippen molar-refractivity contribution in [2.24, 2.45) is 0 Å². The van der Waals surface area contributed by atoms with Gasteiger partial charge in [0.1, 0.15) is 0 Å². The maximum Gasteiger partial charge on any atom is 0.256 e. The number of amides is 1. The molecule has 0 radical (unpaired) electrons. The van der Waals surface area contributed by atoms with Crippen molar-refractivity contribution in [3.63, 3.8) is 0 Å². The SMILES string of the molecule is Cc1ccccc1-c1cc(C(=O)Nc2cccnc2)c2ccc(Cl)c(C)c2n1. The summed E-state index contributed by atoms with van der Waals surface area (Å²) in [6, 6.07) is 17.1. The summed E-state index contributed by atoms with van der Waals surface area (Å²) in [5.41, 5.74) is 5.58. The Kier molecular flexibility index (Phi) is 4.80. The van der Waals surface area contributed by atoms with E-state index in [-0.39, 0.29) is 5.91 Å². The van der Waals surface area contributed by atoms with Crippen LogP contribution < -0.4 is 5.32 Å². The summed E-state index contributed by atoms with van der Waals surface area (Å²) >= 11 is 6.33.